The predicted molar refractivity (Wildman–Crippen MR) is 134 cm³/mol. The third-order valence-corrected chi connectivity index (χ3v) is 9.47. The number of nitrogens with one attached hydrogen (secondary N) is 2. The van der Waals surface area contributed by atoms with Crippen LogP contribution in [0.15, 0.2) is 29.2 Å². The molecular weight excluding hydrogens is 472 g/mol. The first-order valence-corrected chi connectivity index (χ1v) is 14.1. The molecule has 1 saturated heterocycles. The van der Waals surface area contributed by atoms with Gasteiger partial charge in [0.15, 0.2) is 0 Å². The molecule has 0 spiro atoms. The number of nitrogens with zero attached hydrogens (tertiary/aromatic N) is 2. The molecule has 0 atom stereocenters. The Balaban J connectivity index is 1.54. The van der Waals surface area contributed by atoms with Crippen LogP contribution in [0.3, 0.4) is 0 Å². The average molecular weight is 505 g/mol. The van der Waals surface area contributed by atoms with Crippen LogP contribution in [0.2, 0.25) is 0 Å². The zero-order valence-electron chi connectivity index (χ0n) is 19.7. The first kappa shape index (κ1) is 24.8. The van der Waals surface area contributed by atoms with E-state index >= 15 is 0 Å². The van der Waals surface area contributed by atoms with Crippen molar-refractivity contribution < 1.29 is 18.0 Å². The van der Waals surface area contributed by atoms with Crippen LogP contribution in [0.25, 0.3) is 0 Å². The molecule has 0 saturated carbocycles. The van der Waals surface area contributed by atoms with E-state index in [9.17, 15) is 18.0 Å². The number of sulfonamides is 1. The fourth-order valence-electron chi connectivity index (χ4n) is 4.62. The van der Waals surface area contributed by atoms with Crippen LogP contribution in [0.1, 0.15) is 63.8 Å². The van der Waals surface area contributed by atoms with E-state index in [0.717, 1.165) is 62.2 Å². The molecule has 34 heavy (non-hydrogen) atoms. The van der Waals surface area contributed by atoms with E-state index in [4.69, 9.17) is 0 Å². The summed E-state index contributed by atoms with van der Waals surface area (Å²) in [5.41, 5.74) is 1.89. The Morgan fingerprint density at radius 1 is 1.03 bits per heavy atom. The maximum atomic E-state index is 13.0. The number of fused-ring (bicyclic) bond motifs is 1. The maximum Gasteiger partial charge on any atom is 0.256 e. The highest BCUT2D eigenvalue weighted by Crippen LogP contribution is 2.37. The van der Waals surface area contributed by atoms with Crippen LogP contribution in [-0.4, -0.2) is 62.7 Å². The van der Waals surface area contributed by atoms with Crippen molar-refractivity contribution in [2.45, 2.75) is 50.5 Å². The van der Waals surface area contributed by atoms with Gasteiger partial charge in [-0.3, -0.25) is 14.5 Å². The molecule has 0 radical (unpaired) electrons. The highest BCUT2D eigenvalue weighted by molar-refractivity contribution is 7.89. The molecule has 4 rings (SSSR count). The number of rotatable bonds is 7. The molecule has 0 bridgehead atoms. The standard InChI is InChI=1S/C24H32N4O4S2/c1-3-12-27-15-11-19-20(16-27)33-24(21(19)23(30)25-2)26-22(29)17-7-9-18(10-8-17)34(31,32)28-13-5-4-6-14-28/h7-10H,3-6,11-16H2,1-2H3,(H,25,30)(H,26,29). The maximum absolute atomic E-state index is 13.0. The number of carbonyl (C=O) groups excluding carboxylic acids is 2. The first-order chi connectivity index (χ1) is 16.3. The summed E-state index contributed by atoms with van der Waals surface area (Å²) in [6, 6.07) is 6.03. The Labute approximate surface area is 205 Å². The van der Waals surface area contributed by atoms with Gasteiger partial charge in [0.05, 0.1) is 10.5 Å². The fraction of sp³-hybridized carbons (Fsp3) is 0.500. The fourth-order valence-corrected chi connectivity index (χ4v) is 7.42. The largest absolute Gasteiger partial charge is 0.355 e. The molecule has 8 nitrogen and oxygen atoms in total. The summed E-state index contributed by atoms with van der Waals surface area (Å²) in [6.45, 7) is 5.88. The Kier molecular flexibility index (Phi) is 7.71. The lowest BCUT2D eigenvalue weighted by Gasteiger charge is -2.26. The summed E-state index contributed by atoms with van der Waals surface area (Å²) in [5.74, 6) is -0.573. The summed E-state index contributed by atoms with van der Waals surface area (Å²) < 4.78 is 27.3. The Bertz CT molecular complexity index is 1150. The monoisotopic (exact) mass is 504 g/mol. The van der Waals surface area contributed by atoms with Gasteiger partial charge in [-0.2, -0.15) is 4.31 Å². The summed E-state index contributed by atoms with van der Waals surface area (Å²) in [5, 5.41) is 6.14. The summed E-state index contributed by atoms with van der Waals surface area (Å²) in [6.07, 6.45) is 4.62. The van der Waals surface area contributed by atoms with Gasteiger partial charge >= 0.3 is 0 Å². The molecule has 1 aromatic carbocycles. The molecule has 2 aliphatic rings. The van der Waals surface area contributed by atoms with Crippen molar-refractivity contribution in [1.82, 2.24) is 14.5 Å². The molecule has 2 N–H and O–H groups in total. The number of thiophene rings is 1. The molecule has 2 aliphatic heterocycles. The Morgan fingerprint density at radius 2 is 1.74 bits per heavy atom. The number of anilines is 1. The number of benzene rings is 1. The Hall–Kier alpha value is -2.27. The van der Waals surface area contributed by atoms with Crippen LogP contribution < -0.4 is 10.6 Å². The second kappa shape index (κ2) is 10.6. The van der Waals surface area contributed by atoms with Gasteiger partial charge in [-0.05, 0) is 62.1 Å². The average Bonchev–Trinajstić information content (AvgIpc) is 3.21. The molecule has 3 heterocycles. The highest BCUT2D eigenvalue weighted by atomic mass is 32.2. The van der Waals surface area contributed by atoms with E-state index in [0.29, 0.717) is 29.2 Å². The van der Waals surface area contributed by atoms with Crippen molar-refractivity contribution in [2.75, 3.05) is 38.5 Å². The third kappa shape index (κ3) is 5.05. The molecule has 0 unspecified atom stereocenters. The SMILES string of the molecule is CCCN1CCc2c(sc(NC(=O)c3ccc(S(=O)(=O)N4CCCCC4)cc3)c2C(=O)NC)C1. The molecule has 1 aromatic heterocycles. The second-order valence-electron chi connectivity index (χ2n) is 8.76. The molecule has 2 amide bonds. The highest BCUT2D eigenvalue weighted by Gasteiger charge is 2.29. The number of carbonyl (C=O) groups is 2. The zero-order valence-corrected chi connectivity index (χ0v) is 21.4. The number of hydrogen-bond donors (Lipinski definition) is 2. The quantitative estimate of drug-likeness (QED) is 0.603. The minimum absolute atomic E-state index is 0.194. The van der Waals surface area contributed by atoms with Crippen molar-refractivity contribution in [3.05, 3.63) is 45.8 Å². The lowest BCUT2D eigenvalue weighted by molar-refractivity contribution is 0.0962. The normalized spacial score (nSPS) is 17.2. The number of amides is 2. The van der Waals surface area contributed by atoms with Crippen LogP contribution in [0, 0.1) is 0 Å². The molecule has 0 aliphatic carbocycles. The van der Waals surface area contributed by atoms with Crippen LogP contribution in [-0.2, 0) is 23.0 Å². The Morgan fingerprint density at radius 3 is 2.38 bits per heavy atom. The van der Waals surface area contributed by atoms with Crippen LogP contribution in [0.4, 0.5) is 5.00 Å². The lowest BCUT2D eigenvalue weighted by Crippen LogP contribution is -2.35. The molecule has 1 fully saturated rings. The van der Waals surface area contributed by atoms with E-state index < -0.39 is 10.0 Å². The van der Waals surface area contributed by atoms with Gasteiger partial charge in [-0.25, -0.2) is 8.42 Å². The van der Waals surface area contributed by atoms with Gasteiger partial charge in [0.1, 0.15) is 5.00 Å². The summed E-state index contributed by atoms with van der Waals surface area (Å²) >= 11 is 1.45. The van der Waals surface area contributed by atoms with Crippen LogP contribution >= 0.6 is 11.3 Å². The van der Waals surface area contributed by atoms with Gasteiger partial charge in [0.2, 0.25) is 10.0 Å². The molecule has 10 heteroatoms. The minimum atomic E-state index is -3.55. The van der Waals surface area contributed by atoms with Crippen molar-refractivity contribution in [2.24, 2.45) is 0 Å². The molecular formula is C24H32N4O4S2. The third-order valence-electron chi connectivity index (χ3n) is 6.43. The predicted octanol–water partition coefficient (Wildman–Crippen LogP) is 3.30. The van der Waals surface area contributed by atoms with Gasteiger partial charge in [0.25, 0.3) is 11.8 Å². The van der Waals surface area contributed by atoms with Gasteiger partial charge in [0, 0.05) is 43.7 Å². The second-order valence-corrected chi connectivity index (χ2v) is 11.8. The summed E-state index contributed by atoms with van der Waals surface area (Å²) in [4.78, 5) is 29.3. The number of hydrogen-bond acceptors (Lipinski definition) is 6. The number of piperidine rings is 1. The van der Waals surface area contributed by atoms with E-state index in [1.165, 1.54) is 39.9 Å². The summed E-state index contributed by atoms with van der Waals surface area (Å²) in [7, 11) is -1.96. The lowest BCUT2D eigenvalue weighted by atomic mass is 10.0. The van der Waals surface area contributed by atoms with Crippen molar-refractivity contribution in [1.29, 1.82) is 0 Å². The van der Waals surface area contributed by atoms with Crippen molar-refractivity contribution in [3.63, 3.8) is 0 Å². The van der Waals surface area contributed by atoms with Gasteiger partial charge in [-0.1, -0.05) is 13.3 Å². The van der Waals surface area contributed by atoms with Crippen molar-refractivity contribution >= 4 is 38.2 Å². The minimum Gasteiger partial charge on any atom is -0.355 e. The molecule has 184 valence electrons. The molecule has 2 aromatic rings. The zero-order chi connectivity index (χ0) is 24.3. The van der Waals surface area contributed by atoms with Gasteiger partial charge in [-0.15, -0.1) is 11.3 Å². The van der Waals surface area contributed by atoms with E-state index in [1.807, 2.05) is 0 Å². The topological polar surface area (TPSA) is 98.8 Å². The first-order valence-electron chi connectivity index (χ1n) is 11.9. The van der Waals surface area contributed by atoms with Crippen molar-refractivity contribution in [3.8, 4) is 0 Å². The van der Waals surface area contributed by atoms with Crippen LogP contribution in [0.5, 0.6) is 0 Å². The van der Waals surface area contributed by atoms with Gasteiger partial charge < -0.3 is 10.6 Å². The van der Waals surface area contributed by atoms with E-state index in [-0.39, 0.29) is 16.7 Å². The smallest absolute Gasteiger partial charge is 0.256 e. The van der Waals surface area contributed by atoms with E-state index in [1.54, 1.807) is 7.05 Å². The van der Waals surface area contributed by atoms with E-state index in [2.05, 4.69) is 22.5 Å².